The SMILES string of the molecule is C=CCOc1cccc(NC(=O)CN(c2ccc(OC)cc2OC)S(C)(=O)=O)c1. The van der Waals surface area contributed by atoms with Crippen LogP contribution in [0.25, 0.3) is 0 Å². The zero-order valence-corrected chi connectivity index (χ0v) is 17.4. The summed E-state index contributed by atoms with van der Waals surface area (Å²) >= 11 is 0. The summed E-state index contributed by atoms with van der Waals surface area (Å²) in [5.41, 5.74) is 0.709. The first-order valence-corrected chi connectivity index (χ1v) is 10.5. The maximum absolute atomic E-state index is 12.6. The summed E-state index contributed by atoms with van der Waals surface area (Å²) in [7, 11) is -0.862. The molecule has 0 aliphatic heterocycles. The average molecular weight is 420 g/mol. The molecule has 0 atom stereocenters. The van der Waals surface area contributed by atoms with E-state index in [9.17, 15) is 13.2 Å². The van der Waals surface area contributed by atoms with Crippen LogP contribution in [0.2, 0.25) is 0 Å². The van der Waals surface area contributed by atoms with Crippen LogP contribution in [0.15, 0.2) is 55.1 Å². The number of sulfonamides is 1. The Hall–Kier alpha value is -3.20. The zero-order chi connectivity index (χ0) is 21.4. The van der Waals surface area contributed by atoms with Gasteiger partial charge in [-0.15, -0.1) is 0 Å². The van der Waals surface area contributed by atoms with Crippen molar-refractivity contribution in [2.24, 2.45) is 0 Å². The monoisotopic (exact) mass is 420 g/mol. The Bertz CT molecular complexity index is 975. The Balaban J connectivity index is 2.24. The number of anilines is 2. The number of carbonyl (C=O) groups excluding carboxylic acids is 1. The minimum absolute atomic E-state index is 0.231. The van der Waals surface area contributed by atoms with Crippen molar-refractivity contribution in [2.75, 3.05) is 43.2 Å². The topological polar surface area (TPSA) is 94.2 Å². The number of rotatable bonds is 10. The van der Waals surface area contributed by atoms with Crippen molar-refractivity contribution < 1.29 is 27.4 Å². The maximum Gasteiger partial charge on any atom is 0.245 e. The predicted octanol–water partition coefficient (Wildman–Crippen LogP) is 2.67. The van der Waals surface area contributed by atoms with E-state index in [1.165, 1.54) is 20.3 Å². The molecule has 0 fully saturated rings. The minimum atomic E-state index is -3.76. The highest BCUT2D eigenvalue weighted by molar-refractivity contribution is 7.92. The molecular weight excluding hydrogens is 396 g/mol. The molecule has 1 amide bonds. The standard InChI is InChI=1S/C20H24N2O6S/c1-5-11-28-17-8-6-7-15(12-17)21-20(23)14-22(29(4,24)25)18-10-9-16(26-2)13-19(18)27-3/h5-10,12-13H,1,11,14H2,2-4H3,(H,21,23). The number of carbonyl (C=O) groups is 1. The molecule has 156 valence electrons. The first-order valence-electron chi connectivity index (χ1n) is 8.62. The van der Waals surface area contributed by atoms with Crippen molar-refractivity contribution in [2.45, 2.75) is 0 Å². The van der Waals surface area contributed by atoms with Gasteiger partial charge >= 0.3 is 0 Å². The lowest BCUT2D eigenvalue weighted by molar-refractivity contribution is -0.114. The van der Waals surface area contributed by atoms with Gasteiger partial charge in [0.25, 0.3) is 0 Å². The molecule has 0 radical (unpaired) electrons. The maximum atomic E-state index is 12.6. The first kappa shape index (κ1) is 22.1. The number of nitrogens with one attached hydrogen (secondary N) is 1. The van der Waals surface area contributed by atoms with E-state index in [4.69, 9.17) is 14.2 Å². The molecule has 9 heteroatoms. The third-order valence-electron chi connectivity index (χ3n) is 3.83. The van der Waals surface area contributed by atoms with E-state index < -0.39 is 22.5 Å². The molecular formula is C20H24N2O6S. The van der Waals surface area contributed by atoms with Crippen LogP contribution in [0.4, 0.5) is 11.4 Å². The van der Waals surface area contributed by atoms with E-state index in [0.717, 1.165) is 10.6 Å². The van der Waals surface area contributed by atoms with Crippen LogP contribution in [0.3, 0.4) is 0 Å². The largest absolute Gasteiger partial charge is 0.497 e. The van der Waals surface area contributed by atoms with E-state index in [0.29, 0.717) is 23.8 Å². The Labute approximate surface area is 170 Å². The predicted molar refractivity (Wildman–Crippen MR) is 112 cm³/mol. The molecule has 0 saturated carbocycles. The van der Waals surface area contributed by atoms with Crippen LogP contribution in [0.5, 0.6) is 17.2 Å². The summed E-state index contributed by atoms with van der Waals surface area (Å²) in [6.45, 7) is 3.48. The van der Waals surface area contributed by atoms with Crippen LogP contribution < -0.4 is 23.8 Å². The molecule has 0 aliphatic carbocycles. The van der Waals surface area contributed by atoms with Gasteiger partial charge in [0.2, 0.25) is 15.9 Å². The summed E-state index contributed by atoms with van der Waals surface area (Å²) < 4.78 is 41.5. The molecule has 2 aromatic rings. The summed E-state index contributed by atoms with van der Waals surface area (Å²) in [6.07, 6.45) is 2.63. The second-order valence-corrected chi connectivity index (χ2v) is 7.89. The number of nitrogens with zero attached hydrogens (tertiary/aromatic N) is 1. The van der Waals surface area contributed by atoms with Crippen molar-refractivity contribution in [1.82, 2.24) is 0 Å². The normalized spacial score (nSPS) is 10.7. The highest BCUT2D eigenvalue weighted by atomic mass is 32.2. The smallest absolute Gasteiger partial charge is 0.245 e. The van der Waals surface area contributed by atoms with Gasteiger partial charge in [0.1, 0.15) is 30.4 Å². The summed E-state index contributed by atoms with van der Waals surface area (Å²) in [6, 6.07) is 11.4. The molecule has 0 aromatic heterocycles. The summed E-state index contributed by atoms with van der Waals surface area (Å²) in [5.74, 6) is 0.802. The molecule has 0 unspecified atom stereocenters. The van der Waals surface area contributed by atoms with Gasteiger partial charge in [0, 0.05) is 17.8 Å². The molecule has 29 heavy (non-hydrogen) atoms. The van der Waals surface area contributed by atoms with E-state index in [1.807, 2.05) is 0 Å². The van der Waals surface area contributed by atoms with Crippen LogP contribution in [0.1, 0.15) is 0 Å². The lowest BCUT2D eigenvalue weighted by Gasteiger charge is -2.24. The van der Waals surface area contributed by atoms with Gasteiger partial charge < -0.3 is 19.5 Å². The lowest BCUT2D eigenvalue weighted by atomic mass is 10.2. The fraction of sp³-hybridized carbons (Fsp3) is 0.250. The molecule has 1 N–H and O–H groups in total. The zero-order valence-electron chi connectivity index (χ0n) is 16.5. The third-order valence-corrected chi connectivity index (χ3v) is 4.96. The van der Waals surface area contributed by atoms with Crippen molar-refractivity contribution >= 4 is 27.3 Å². The average Bonchev–Trinajstić information content (AvgIpc) is 2.69. The van der Waals surface area contributed by atoms with Crippen LogP contribution in [-0.4, -0.2) is 48.0 Å². The Morgan fingerprint density at radius 1 is 1.14 bits per heavy atom. The number of ether oxygens (including phenoxy) is 3. The summed E-state index contributed by atoms with van der Waals surface area (Å²) in [5, 5.41) is 2.67. The van der Waals surface area contributed by atoms with Gasteiger partial charge in [-0.2, -0.15) is 0 Å². The quantitative estimate of drug-likeness (QED) is 0.594. The Morgan fingerprint density at radius 3 is 2.52 bits per heavy atom. The van der Waals surface area contributed by atoms with Crippen molar-refractivity contribution in [3.05, 3.63) is 55.1 Å². The number of hydrogen-bond acceptors (Lipinski definition) is 6. The Kier molecular flexibility index (Phi) is 7.49. The molecule has 0 bridgehead atoms. The number of amides is 1. The van der Waals surface area contributed by atoms with Gasteiger partial charge in [-0.1, -0.05) is 18.7 Å². The van der Waals surface area contributed by atoms with E-state index in [1.54, 1.807) is 42.5 Å². The Morgan fingerprint density at radius 2 is 1.90 bits per heavy atom. The fourth-order valence-electron chi connectivity index (χ4n) is 2.52. The van der Waals surface area contributed by atoms with Gasteiger partial charge in [0.05, 0.1) is 26.2 Å². The highest BCUT2D eigenvalue weighted by Crippen LogP contribution is 2.33. The molecule has 8 nitrogen and oxygen atoms in total. The van der Waals surface area contributed by atoms with Gasteiger partial charge in [-0.3, -0.25) is 9.10 Å². The van der Waals surface area contributed by atoms with Crippen LogP contribution >= 0.6 is 0 Å². The van der Waals surface area contributed by atoms with Crippen molar-refractivity contribution in [3.63, 3.8) is 0 Å². The highest BCUT2D eigenvalue weighted by Gasteiger charge is 2.24. The van der Waals surface area contributed by atoms with Crippen LogP contribution in [-0.2, 0) is 14.8 Å². The van der Waals surface area contributed by atoms with E-state index in [2.05, 4.69) is 11.9 Å². The minimum Gasteiger partial charge on any atom is -0.497 e. The lowest BCUT2D eigenvalue weighted by Crippen LogP contribution is -2.37. The van der Waals surface area contributed by atoms with Gasteiger partial charge in [-0.05, 0) is 24.3 Å². The molecule has 0 saturated heterocycles. The molecule has 0 aliphatic rings. The van der Waals surface area contributed by atoms with Gasteiger partial charge in [-0.25, -0.2) is 8.42 Å². The number of hydrogen-bond donors (Lipinski definition) is 1. The third kappa shape index (κ3) is 6.15. The van der Waals surface area contributed by atoms with Gasteiger partial charge in [0.15, 0.2) is 0 Å². The van der Waals surface area contributed by atoms with Crippen molar-refractivity contribution in [3.8, 4) is 17.2 Å². The molecule has 2 rings (SSSR count). The number of benzene rings is 2. The van der Waals surface area contributed by atoms with E-state index >= 15 is 0 Å². The summed E-state index contributed by atoms with van der Waals surface area (Å²) in [4.78, 5) is 12.6. The van der Waals surface area contributed by atoms with E-state index in [-0.39, 0.29) is 11.4 Å². The first-order chi connectivity index (χ1) is 13.8. The second-order valence-electron chi connectivity index (χ2n) is 5.98. The van der Waals surface area contributed by atoms with Crippen molar-refractivity contribution in [1.29, 1.82) is 0 Å². The fourth-order valence-corrected chi connectivity index (χ4v) is 3.38. The molecule has 0 spiro atoms. The second kappa shape index (κ2) is 9.83. The number of methoxy groups -OCH3 is 2. The molecule has 0 heterocycles. The van der Waals surface area contributed by atoms with Crippen LogP contribution in [0, 0.1) is 0 Å². The molecule has 2 aromatic carbocycles.